The number of hydrogen-bond donors (Lipinski definition) is 1. The maximum Gasteiger partial charge on any atom is 0.344 e. The zero-order valence-corrected chi connectivity index (χ0v) is 11.6. The molecule has 1 aromatic rings. The van der Waals surface area contributed by atoms with Gasteiger partial charge in [-0.1, -0.05) is 6.07 Å². The molecule has 6 nitrogen and oxygen atoms in total. The minimum absolute atomic E-state index is 0.178. The second kappa shape index (κ2) is 5.81. The summed E-state index contributed by atoms with van der Waals surface area (Å²) in [6, 6.07) is 4.95. The molecule has 1 aromatic carbocycles. The Bertz CT molecular complexity index is 530. The maximum absolute atomic E-state index is 12.2. The molecule has 2 N–H and O–H groups in total. The van der Waals surface area contributed by atoms with Crippen LogP contribution in [0, 0.1) is 0 Å². The number of nitrogens with zero attached hydrogens (tertiary/aromatic N) is 1. The SMILES string of the molecule is CCOc1cccc(N)c1C(=O)OC1CCN(C)C1=O. The number of amides is 1. The first kappa shape index (κ1) is 14.2. The van der Waals surface area contributed by atoms with Gasteiger partial charge in [0, 0.05) is 25.7 Å². The standard InChI is InChI=1S/C14H18N2O4/c1-3-19-10-6-4-5-9(15)12(10)14(18)20-11-7-8-16(2)13(11)17/h4-6,11H,3,7-8,15H2,1-2H3. The van der Waals surface area contributed by atoms with Gasteiger partial charge in [-0.2, -0.15) is 0 Å². The smallest absolute Gasteiger partial charge is 0.344 e. The number of ether oxygens (including phenoxy) is 2. The minimum Gasteiger partial charge on any atom is -0.493 e. The lowest BCUT2D eigenvalue weighted by Crippen LogP contribution is -2.29. The van der Waals surface area contributed by atoms with Crippen LogP contribution in [0.5, 0.6) is 5.75 Å². The van der Waals surface area contributed by atoms with Crippen molar-refractivity contribution >= 4 is 17.6 Å². The van der Waals surface area contributed by atoms with Crippen molar-refractivity contribution in [3.63, 3.8) is 0 Å². The number of rotatable bonds is 4. The van der Waals surface area contributed by atoms with Crippen LogP contribution in [-0.2, 0) is 9.53 Å². The molecule has 20 heavy (non-hydrogen) atoms. The average Bonchev–Trinajstić information content (AvgIpc) is 2.71. The topological polar surface area (TPSA) is 81.9 Å². The van der Waals surface area contributed by atoms with E-state index in [0.29, 0.717) is 25.3 Å². The molecular weight excluding hydrogens is 260 g/mol. The largest absolute Gasteiger partial charge is 0.493 e. The van der Waals surface area contributed by atoms with Crippen molar-refractivity contribution in [3.8, 4) is 5.75 Å². The maximum atomic E-state index is 12.2. The number of likely N-dealkylation sites (tertiary alicyclic amines) is 1. The second-order valence-electron chi connectivity index (χ2n) is 4.60. The summed E-state index contributed by atoms with van der Waals surface area (Å²) in [6.07, 6.45) is -0.237. The Labute approximate surface area is 117 Å². The number of anilines is 1. The Balaban J connectivity index is 2.19. The van der Waals surface area contributed by atoms with E-state index in [4.69, 9.17) is 15.2 Å². The molecular formula is C14H18N2O4. The van der Waals surface area contributed by atoms with E-state index >= 15 is 0 Å². The highest BCUT2D eigenvalue weighted by molar-refractivity contribution is 5.99. The van der Waals surface area contributed by atoms with Gasteiger partial charge in [-0.15, -0.1) is 0 Å². The van der Waals surface area contributed by atoms with Crippen molar-refractivity contribution in [1.29, 1.82) is 0 Å². The first-order chi connectivity index (χ1) is 9.54. The van der Waals surface area contributed by atoms with Crippen LogP contribution in [0.4, 0.5) is 5.69 Å². The molecule has 1 aliphatic heterocycles. The highest BCUT2D eigenvalue weighted by atomic mass is 16.6. The third kappa shape index (κ3) is 2.68. The average molecular weight is 278 g/mol. The van der Waals surface area contributed by atoms with E-state index in [-0.39, 0.29) is 17.2 Å². The van der Waals surface area contributed by atoms with Crippen molar-refractivity contribution in [2.45, 2.75) is 19.4 Å². The van der Waals surface area contributed by atoms with Crippen molar-refractivity contribution in [3.05, 3.63) is 23.8 Å². The van der Waals surface area contributed by atoms with E-state index in [0.717, 1.165) is 0 Å². The fraction of sp³-hybridized carbons (Fsp3) is 0.429. The molecule has 1 saturated heterocycles. The van der Waals surface area contributed by atoms with E-state index in [1.807, 2.05) is 6.92 Å². The van der Waals surface area contributed by atoms with Gasteiger partial charge < -0.3 is 20.1 Å². The number of benzene rings is 1. The Kier molecular flexibility index (Phi) is 4.12. The second-order valence-corrected chi connectivity index (χ2v) is 4.60. The summed E-state index contributed by atoms with van der Waals surface area (Å²) in [5, 5.41) is 0. The zero-order chi connectivity index (χ0) is 14.7. The predicted molar refractivity (Wildman–Crippen MR) is 73.5 cm³/mol. The number of esters is 1. The Morgan fingerprint density at radius 1 is 1.50 bits per heavy atom. The number of nitrogens with two attached hydrogens (primary N) is 1. The van der Waals surface area contributed by atoms with Gasteiger partial charge in [0.05, 0.1) is 6.61 Å². The first-order valence-corrected chi connectivity index (χ1v) is 6.51. The first-order valence-electron chi connectivity index (χ1n) is 6.51. The summed E-state index contributed by atoms with van der Waals surface area (Å²) in [6.45, 7) is 2.81. The van der Waals surface area contributed by atoms with Crippen molar-refractivity contribution in [2.75, 3.05) is 25.9 Å². The molecule has 1 fully saturated rings. The van der Waals surface area contributed by atoms with Gasteiger partial charge in [0.1, 0.15) is 11.3 Å². The molecule has 0 radical (unpaired) electrons. The molecule has 0 aliphatic carbocycles. The van der Waals surface area contributed by atoms with Crippen LogP contribution in [0.15, 0.2) is 18.2 Å². The van der Waals surface area contributed by atoms with Gasteiger partial charge in [0.25, 0.3) is 5.91 Å². The van der Waals surface area contributed by atoms with Crippen molar-refractivity contribution in [1.82, 2.24) is 4.90 Å². The lowest BCUT2D eigenvalue weighted by molar-refractivity contribution is -0.133. The van der Waals surface area contributed by atoms with Crippen LogP contribution in [0.2, 0.25) is 0 Å². The highest BCUT2D eigenvalue weighted by Gasteiger charge is 2.33. The monoisotopic (exact) mass is 278 g/mol. The Hall–Kier alpha value is -2.24. The summed E-state index contributed by atoms with van der Waals surface area (Å²) in [5.41, 5.74) is 6.27. The van der Waals surface area contributed by atoms with E-state index < -0.39 is 12.1 Å². The summed E-state index contributed by atoms with van der Waals surface area (Å²) >= 11 is 0. The van der Waals surface area contributed by atoms with Crippen LogP contribution in [0.1, 0.15) is 23.7 Å². The van der Waals surface area contributed by atoms with E-state index in [1.165, 1.54) is 4.90 Å². The van der Waals surface area contributed by atoms with Gasteiger partial charge in [-0.3, -0.25) is 4.79 Å². The number of nitrogen functional groups attached to an aromatic ring is 1. The molecule has 108 valence electrons. The van der Waals surface area contributed by atoms with Gasteiger partial charge in [-0.05, 0) is 19.1 Å². The van der Waals surface area contributed by atoms with E-state index in [9.17, 15) is 9.59 Å². The van der Waals surface area contributed by atoms with Crippen molar-refractivity contribution < 1.29 is 19.1 Å². The third-order valence-corrected chi connectivity index (χ3v) is 3.19. The summed E-state index contributed by atoms with van der Waals surface area (Å²) in [7, 11) is 1.68. The predicted octanol–water partition coefficient (Wildman–Crippen LogP) is 1.05. The highest BCUT2D eigenvalue weighted by Crippen LogP contribution is 2.26. The third-order valence-electron chi connectivity index (χ3n) is 3.19. The number of carbonyl (C=O) groups excluding carboxylic acids is 2. The van der Waals surface area contributed by atoms with E-state index in [2.05, 4.69) is 0 Å². The van der Waals surface area contributed by atoms with Gasteiger partial charge in [0.2, 0.25) is 0 Å². The quantitative estimate of drug-likeness (QED) is 0.657. The van der Waals surface area contributed by atoms with Gasteiger partial charge >= 0.3 is 5.97 Å². The molecule has 2 rings (SSSR count). The van der Waals surface area contributed by atoms with Gasteiger partial charge in [-0.25, -0.2) is 4.79 Å². The van der Waals surface area contributed by atoms with Crippen molar-refractivity contribution in [2.24, 2.45) is 0 Å². The fourth-order valence-electron chi connectivity index (χ4n) is 2.13. The molecule has 1 amide bonds. The lowest BCUT2D eigenvalue weighted by Gasteiger charge is -2.15. The summed E-state index contributed by atoms with van der Waals surface area (Å²) < 4.78 is 10.6. The summed E-state index contributed by atoms with van der Waals surface area (Å²) in [4.78, 5) is 25.5. The molecule has 1 unspecified atom stereocenters. The lowest BCUT2D eigenvalue weighted by atomic mass is 10.1. The number of carbonyl (C=O) groups is 2. The molecule has 0 spiro atoms. The zero-order valence-electron chi connectivity index (χ0n) is 11.6. The van der Waals surface area contributed by atoms with Crippen LogP contribution in [-0.4, -0.2) is 43.1 Å². The van der Waals surface area contributed by atoms with E-state index in [1.54, 1.807) is 25.2 Å². The van der Waals surface area contributed by atoms with Crippen LogP contribution < -0.4 is 10.5 Å². The number of hydrogen-bond acceptors (Lipinski definition) is 5. The minimum atomic E-state index is -0.735. The molecule has 1 heterocycles. The van der Waals surface area contributed by atoms with Gasteiger partial charge in [0.15, 0.2) is 6.10 Å². The Morgan fingerprint density at radius 2 is 2.25 bits per heavy atom. The molecule has 0 bridgehead atoms. The number of likely N-dealkylation sites (N-methyl/N-ethyl adjacent to an activating group) is 1. The summed E-state index contributed by atoms with van der Waals surface area (Å²) in [5.74, 6) is -0.442. The molecule has 6 heteroatoms. The molecule has 0 saturated carbocycles. The van der Waals surface area contributed by atoms with Crippen LogP contribution in [0.3, 0.4) is 0 Å². The normalized spacial score (nSPS) is 18.2. The molecule has 1 atom stereocenters. The van der Waals surface area contributed by atoms with Crippen LogP contribution in [0.25, 0.3) is 0 Å². The Morgan fingerprint density at radius 3 is 2.85 bits per heavy atom. The molecule has 0 aromatic heterocycles. The fourth-order valence-corrected chi connectivity index (χ4v) is 2.13. The molecule has 1 aliphatic rings. The van der Waals surface area contributed by atoms with Crippen LogP contribution >= 0.6 is 0 Å².